The molecule has 0 aliphatic carbocycles. The lowest BCUT2D eigenvalue weighted by Gasteiger charge is -2.32. The minimum absolute atomic E-state index is 0.0944. The molecule has 0 amide bonds. The van der Waals surface area contributed by atoms with Crippen molar-refractivity contribution < 1.29 is 4.74 Å². The third-order valence-electron chi connectivity index (χ3n) is 2.85. The van der Waals surface area contributed by atoms with E-state index in [1.807, 2.05) is 24.3 Å². The van der Waals surface area contributed by atoms with E-state index in [-0.39, 0.29) is 5.54 Å². The van der Waals surface area contributed by atoms with Crippen LogP contribution in [0.1, 0.15) is 27.2 Å². The van der Waals surface area contributed by atoms with Gasteiger partial charge in [0.2, 0.25) is 0 Å². The van der Waals surface area contributed by atoms with Gasteiger partial charge >= 0.3 is 0 Å². The Balaban J connectivity index is 2.86. The van der Waals surface area contributed by atoms with Crippen LogP contribution >= 0.6 is 0 Å². The molecule has 1 atom stereocenters. The van der Waals surface area contributed by atoms with Crippen LogP contribution in [0.15, 0.2) is 24.3 Å². The number of hydrogen-bond acceptors (Lipinski definition) is 3. The molecule has 3 N–H and O–H groups in total. The van der Waals surface area contributed by atoms with Crippen molar-refractivity contribution in [1.82, 2.24) is 0 Å². The molecule has 0 aliphatic heterocycles. The number of hydrogen-bond donors (Lipinski definition) is 2. The van der Waals surface area contributed by atoms with Crippen molar-refractivity contribution in [1.29, 1.82) is 0 Å². The van der Waals surface area contributed by atoms with Gasteiger partial charge in [0, 0.05) is 12.1 Å². The summed E-state index contributed by atoms with van der Waals surface area (Å²) < 4.78 is 5.34. The number of nitrogens with two attached hydrogens (primary N) is 1. The number of benzene rings is 1. The van der Waals surface area contributed by atoms with Gasteiger partial charge < -0.3 is 15.8 Å². The van der Waals surface area contributed by atoms with Crippen LogP contribution in [0, 0.1) is 5.92 Å². The molecule has 0 heterocycles. The van der Waals surface area contributed by atoms with Crippen LogP contribution < -0.4 is 15.8 Å². The number of para-hydroxylation sites is 2. The van der Waals surface area contributed by atoms with Crippen molar-refractivity contribution in [3.8, 4) is 5.75 Å². The maximum absolute atomic E-state index is 5.89. The van der Waals surface area contributed by atoms with E-state index in [4.69, 9.17) is 10.5 Å². The van der Waals surface area contributed by atoms with E-state index in [0.29, 0.717) is 12.5 Å². The maximum atomic E-state index is 5.89. The van der Waals surface area contributed by atoms with E-state index in [2.05, 4.69) is 26.1 Å². The van der Waals surface area contributed by atoms with Crippen LogP contribution in [-0.2, 0) is 0 Å². The monoisotopic (exact) mass is 236 g/mol. The van der Waals surface area contributed by atoms with Crippen LogP contribution in [0.25, 0.3) is 0 Å². The summed E-state index contributed by atoms with van der Waals surface area (Å²) in [5, 5.41) is 3.51. The first-order valence-electron chi connectivity index (χ1n) is 6.12. The minimum Gasteiger partial charge on any atom is -0.495 e. The Morgan fingerprint density at radius 1 is 1.35 bits per heavy atom. The first kappa shape index (κ1) is 13.8. The highest BCUT2D eigenvalue weighted by molar-refractivity contribution is 5.57. The van der Waals surface area contributed by atoms with Gasteiger partial charge in [0.15, 0.2) is 0 Å². The van der Waals surface area contributed by atoms with E-state index in [9.17, 15) is 0 Å². The Morgan fingerprint density at radius 3 is 2.53 bits per heavy atom. The normalized spacial score (nSPS) is 14.5. The molecular weight excluding hydrogens is 212 g/mol. The first-order chi connectivity index (χ1) is 8.00. The number of rotatable bonds is 6. The van der Waals surface area contributed by atoms with Crippen molar-refractivity contribution in [2.45, 2.75) is 32.7 Å². The number of nitrogens with one attached hydrogen (secondary N) is 1. The molecule has 1 rings (SSSR count). The maximum Gasteiger partial charge on any atom is 0.141 e. The fraction of sp³-hybridized carbons (Fsp3) is 0.571. The molecule has 0 radical (unpaired) electrons. The average molecular weight is 236 g/mol. The molecule has 17 heavy (non-hydrogen) atoms. The average Bonchev–Trinajstić information content (AvgIpc) is 2.28. The smallest absolute Gasteiger partial charge is 0.141 e. The second kappa shape index (κ2) is 5.92. The zero-order valence-electron chi connectivity index (χ0n) is 11.3. The first-order valence-corrected chi connectivity index (χ1v) is 6.12. The predicted octanol–water partition coefficient (Wildman–Crippen LogP) is 2.87. The fourth-order valence-corrected chi connectivity index (χ4v) is 2.16. The molecule has 0 fully saturated rings. The van der Waals surface area contributed by atoms with Gasteiger partial charge in [-0.3, -0.25) is 0 Å². The molecule has 0 saturated carbocycles. The summed E-state index contributed by atoms with van der Waals surface area (Å²) in [6.45, 7) is 7.16. The molecule has 1 aromatic rings. The van der Waals surface area contributed by atoms with Crippen LogP contribution in [0.4, 0.5) is 5.69 Å². The van der Waals surface area contributed by atoms with Gasteiger partial charge in [-0.2, -0.15) is 0 Å². The largest absolute Gasteiger partial charge is 0.495 e. The van der Waals surface area contributed by atoms with Crippen LogP contribution in [0.5, 0.6) is 5.75 Å². The molecule has 0 spiro atoms. The quantitative estimate of drug-likeness (QED) is 0.798. The van der Waals surface area contributed by atoms with Gasteiger partial charge in [0.25, 0.3) is 0 Å². The third-order valence-corrected chi connectivity index (χ3v) is 2.85. The lowest BCUT2D eigenvalue weighted by Crippen LogP contribution is -2.43. The SMILES string of the molecule is COc1ccccc1NC(C)(CN)CC(C)C. The van der Waals surface area contributed by atoms with Crippen molar-refractivity contribution in [3.63, 3.8) is 0 Å². The summed E-state index contributed by atoms with van der Waals surface area (Å²) in [6, 6.07) is 7.94. The molecule has 0 saturated heterocycles. The van der Waals surface area contributed by atoms with E-state index in [1.165, 1.54) is 0 Å². The summed E-state index contributed by atoms with van der Waals surface area (Å²) in [5.74, 6) is 1.46. The number of anilines is 1. The number of methoxy groups -OCH3 is 1. The predicted molar refractivity (Wildman–Crippen MR) is 73.5 cm³/mol. The molecule has 1 aromatic carbocycles. The third kappa shape index (κ3) is 3.93. The lowest BCUT2D eigenvalue weighted by molar-refractivity contribution is 0.395. The van der Waals surface area contributed by atoms with Crippen LogP contribution in [0.2, 0.25) is 0 Å². The summed E-state index contributed by atoms with van der Waals surface area (Å²) in [5.41, 5.74) is 6.80. The Kier molecular flexibility index (Phi) is 4.82. The van der Waals surface area contributed by atoms with Crippen molar-refractivity contribution >= 4 is 5.69 Å². The number of ether oxygens (including phenoxy) is 1. The second-order valence-electron chi connectivity index (χ2n) is 5.19. The Bertz CT molecular complexity index is 352. The summed E-state index contributed by atoms with van der Waals surface area (Å²) >= 11 is 0. The van der Waals surface area contributed by atoms with Crippen LogP contribution in [0.3, 0.4) is 0 Å². The second-order valence-corrected chi connectivity index (χ2v) is 5.19. The molecule has 0 aromatic heterocycles. The summed E-state index contributed by atoms with van der Waals surface area (Å²) in [7, 11) is 1.68. The van der Waals surface area contributed by atoms with E-state index < -0.39 is 0 Å². The molecular formula is C14H24N2O. The van der Waals surface area contributed by atoms with E-state index in [0.717, 1.165) is 17.9 Å². The lowest BCUT2D eigenvalue weighted by atomic mass is 9.90. The van der Waals surface area contributed by atoms with Crippen molar-refractivity contribution in [2.75, 3.05) is 19.0 Å². The summed E-state index contributed by atoms with van der Waals surface area (Å²) in [4.78, 5) is 0. The van der Waals surface area contributed by atoms with Gasteiger partial charge in [-0.25, -0.2) is 0 Å². The topological polar surface area (TPSA) is 47.3 Å². The molecule has 3 heteroatoms. The van der Waals surface area contributed by atoms with Crippen LogP contribution in [-0.4, -0.2) is 19.2 Å². The molecule has 3 nitrogen and oxygen atoms in total. The molecule has 0 aliphatic rings. The Morgan fingerprint density at radius 2 is 2.00 bits per heavy atom. The summed E-state index contributed by atoms with van der Waals surface area (Å²) in [6.07, 6.45) is 1.03. The highest BCUT2D eigenvalue weighted by Gasteiger charge is 2.24. The molecule has 96 valence electrons. The van der Waals surface area contributed by atoms with Gasteiger partial charge in [0.1, 0.15) is 5.75 Å². The minimum atomic E-state index is -0.0944. The van der Waals surface area contributed by atoms with Gasteiger partial charge in [-0.1, -0.05) is 26.0 Å². The zero-order valence-corrected chi connectivity index (χ0v) is 11.3. The highest BCUT2D eigenvalue weighted by atomic mass is 16.5. The van der Waals surface area contributed by atoms with Crippen molar-refractivity contribution in [3.05, 3.63) is 24.3 Å². The van der Waals surface area contributed by atoms with E-state index in [1.54, 1.807) is 7.11 Å². The van der Waals surface area contributed by atoms with Gasteiger partial charge in [-0.15, -0.1) is 0 Å². The van der Waals surface area contributed by atoms with E-state index >= 15 is 0 Å². The van der Waals surface area contributed by atoms with Gasteiger partial charge in [-0.05, 0) is 31.4 Å². The zero-order chi connectivity index (χ0) is 12.9. The standard InChI is InChI=1S/C14H24N2O/c1-11(2)9-14(3,10-15)16-12-7-5-6-8-13(12)17-4/h5-8,11,16H,9-10,15H2,1-4H3. The van der Waals surface area contributed by atoms with Crippen molar-refractivity contribution in [2.24, 2.45) is 11.7 Å². The molecule has 1 unspecified atom stereocenters. The Labute approximate surface area is 104 Å². The Hall–Kier alpha value is -1.22. The molecule has 0 bridgehead atoms. The fourth-order valence-electron chi connectivity index (χ4n) is 2.16. The van der Waals surface area contributed by atoms with Gasteiger partial charge in [0.05, 0.1) is 12.8 Å². The highest BCUT2D eigenvalue weighted by Crippen LogP contribution is 2.28.